The Bertz CT molecular complexity index is 887. The molecule has 0 spiro atoms. The highest BCUT2D eigenvalue weighted by Gasteiger charge is 2.29. The number of carbonyl (C=O) groups excluding carboxylic acids is 2. The van der Waals surface area contributed by atoms with Crippen LogP contribution in [0.2, 0.25) is 0 Å². The van der Waals surface area contributed by atoms with E-state index in [0.29, 0.717) is 19.5 Å². The van der Waals surface area contributed by atoms with Crippen LogP contribution in [0.4, 0.5) is 0 Å². The van der Waals surface area contributed by atoms with Crippen molar-refractivity contribution >= 4 is 12.3 Å². The minimum absolute atomic E-state index is 0.218. The van der Waals surface area contributed by atoms with E-state index in [1.807, 2.05) is 97.9 Å². The van der Waals surface area contributed by atoms with Crippen LogP contribution in [0, 0.1) is 5.92 Å². The highest BCUT2D eigenvalue weighted by Crippen LogP contribution is 2.20. The molecule has 0 saturated carbocycles. The van der Waals surface area contributed by atoms with Crippen LogP contribution in [0.25, 0.3) is 0 Å². The van der Waals surface area contributed by atoms with Gasteiger partial charge in [-0.2, -0.15) is 0 Å². The van der Waals surface area contributed by atoms with E-state index in [0.717, 1.165) is 23.0 Å². The van der Waals surface area contributed by atoms with E-state index < -0.39 is 6.04 Å². The van der Waals surface area contributed by atoms with Gasteiger partial charge in [0.2, 0.25) is 0 Å². The maximum atomic E-state index is 13.2. The molecule has 2 atom stereocenters. The summed E-state index contributed by atoms with van der Waals surface area (Å²) >= 11 is 0. The van der Waals surface area contributed by atoms with Crippen molar-refractivity contribution in [3.63, 3.8) is 0 Å². The second kappa shape index (κ2) is 11.8. The zero-order chi connectivity index (χ0) is 21.9. The Morgan fingerprint density at radius 2 is 1.26 bits per heavy atom. The predicted octanol–water partition coefficient (Wildman–Crippen LogP) is 5.03. The van der Waals surface area contributed by atoms with Gasteiger partial charge in [-0.05, 0) is 23.1 Å². The Morgan fingerprint density at radius 1 is 0.806 bits per heavy atom. The molecule has 3 aromatic carbocycles. The Balaban J connectivity index is 1.83. The molecule has 0 aromatic heterocycles. The third-order valence-electron chi connectivity index (χ3n) is 5.22. The van der Waals surface area contributed by atoms with E-state index in [9.17, 15) is 9.59 Å². The lowest BCUT2D eigenvalue weighted by atomic mass is 10.00. The highest BCUT2D eigenvalue weighted by atomic mass is 16.5. The smallest absolute Gasteiger partial charge is 0.323 e. The van der Waals surface area contributed by atoms with Crippen molar-refractivity contribution in [2.45, 2.75) is 39.1 Å². The summed E-state index contributed by atoms with van der Waals surface area (Å²) in [4.78, 5) is 26.7. The molecule has 0 fully saturated rings. The lowest BCUT2D eigenvalue weighted by Gasteiger charge is -2.31. The van der Waals surface area contributed by atoms with Gasteiger partial charge in [0, 0.05) is 19.0 Å². The Morgan fingerprint density at radius 3 is 1.71 bits per heavy atom. The fourth-order valence-corrected chi connectivity index (χ4v) is 3.54. The van der Waals surface area contributed by atoms with Crippen molar-refractivity contribution in [1.29, 1.82) is 0 Å². The molecular formula is C27H29NO3. The van der Waals surface area contributed by atoms with Crippen molar-refractivity contribution in [1.82, 2.24) is 4.90 Å². The fourth-order valence-electron chi connectivity index (χ4n) is 3.54. The monoisotopic (exact) mass is 415 g/mol. The van der Waals surface area contributed by atoms with Crippen LogP contribution < -0.4 is 0 Å². The lowest BCUT2D eigenvalue weighted by Crippen LogP contribution is -2.42. The number of carbonyl (C=O) groups is 2. The number of aldehydes is 1. The second-order valence-electron chi connectivity index (χ2n) is 7.83. The van der Waals surface area contributed by atoms with Gasteiger partial charge in [-0.1, -0.05) is 97.9 Å². The summed E-state index contributed by atoms with van der Waals surface area (Å²) in [5.74, 6) is -0.548. The maximum absolute atomic E-state index is 13.2. The normalized spacial score (nSPS) is 12.8. The van der Waals surface area contributed by atoms with E-state index in [1.54, 1.807) is 0 Å². The summed E-state index contributed by atoms with van der Waals surface area (Å²) in [6.07, 6.45) is 1.32. The van der Waals surface area contributed by atoms with Crippen LogP contribution in [-0.2, 0) is 34.0 Å². The molecule has 4 nitrogen and oxygen atoms in total. The van der Waals surface area contributed by atoms with Crippen molar-refractivity contribution in [2.24, 2.45) is 5.92 Å². The van der Waals surface area contributed by atoms with Crippen molar-refractivity contribution < 1.29 is 14.3 Å². The van der Waals surface area contributed by atoms with Crippen LogP contribution in [0.3, 0.4) is 0 Å². The van der Waals surface area contributed by atoms with Gasteiger partial charge in [0.05, 0.1) is 0 Å². The molecule has 4 heteroatoms. The van der Waals surface area contributed by atoms with E-state index in [1.165, 1.54) is 0 Å². The number of nitrogens with zero attached hydrogens (tertiary/aromatic N) is 1. The van der Waals surface area contributed by atoms with Crippen molar-refractivity contribution in [3.8, 4) is 0 Å². The first-order chi connectivity index (χ1) is 15.2. The zero-order valence-corrected chi connectivity index (χ0v) is 17.9. The van der Waals surface area contributed by atoms with Gasteiger partial charge in [0.25, 0.3) is 0 Å². The average molecular weight is 416 g/mol. The average Bonchev–Trinajstić information content (AvgIpc) is 2.82. The highest BCUT2D eigenvalue weighted by molar-refractivity contribution is 5.76. The molecule has 0 bridgehead atoms. The number of hydrogen-bond donors (Lipinski definition) is 0. The Hall–Kier alpha value is -3.24. The molecule has 0 N–H and O–H groups in total. The largest absolute Gasteiger partial charge is 0.460 e. The molecule has 0 radical (unpaired) electrons. The Labute approximate surface area is 184 Å². The first-order valence-corrected chi connectivity index (χ1v) is 10.6. The summed E-state index contributed by atoms with van der Waals surface area (Å²) in [5, 5.41) is 0. The summed E-state index contributed by atoms with van der Waals surface area (Å²) in [7, 11) is 0. The summed E-state index contributed by atoms with van der Waals surface area (Å²) in [6, 6.07) is 29.2. The van der Waals surface area contributed by atoms with Gasteiger partial charge < -0.3 is 9.53 Å². The lowest BCUT2D eigenvalue weighted by molar-refractivity contribution is -0.152. The maximum Gasteiger partial charge on any atom is 0.323 e. The van der Waals surface area contributed by atoms with E-state index in [2.05, 4.69) is 4.90 Å². The van der Waals surface area contributed by atoms with E-state index in [-0.39, 0.29) is 18.5 Å². The molecule has 3 aromatic rings. The SMILES string of the molecule is C[C@@H](C=O)C[C@@H](C(=O)OCc1ccccc1)N(Cc1ccccc1)Cc1ccccc1. The molecule has 0 aliphatic carbocycles. The van der Waals surface area contributed by atoms with Gasteiger partial charge in [-0.25, -0.2) is 0 Å². The summed E-state index contributed by atoms with van der Waals surface area (Å²) in [6.45, 7) is 3.24. The molecule has 0 saturated heterocycles. The fraction of sp³-hybridized carbons (Fsp3) is 0.259. The van der Waals surface area contributed by atoms with Gasteiger partial charge in [-0.15, -0.1) is 0 Å². The number of esters is 1. The first kappa shape index (κ1) is 22.4. The summed E-state index contributed by atoms with van der Waals surface area (Å²) in [5.41, 5.74) is 3.16. The number of benzene rings is 3. The van der Waals surface area contributed by atoms with Crippen LogP contribution in [0.1, 0.15) is 30.0 Å². The second-order valence-corrected chi connectivity index (χ2v) is 7.83. The molecule has 0 unspecified atom stereocenters. The third kappa shape index (κ3) is 7.19. The van der Waals surface area contributed by atoms with Crippen LogP contribution in [0.5, 0.6) is 0 Å². The molecule has 31 heavy (non-hydrogen) atoms. The third-order valence-corrected chi connectivity index (χ3v) is 5.22. The zero-order valence-electron chi connectivity index (χ0n) is 17.9. The molecule has 0 amide bonds. The van der Waals surface area contributed by atoms with Gasteiger partial charge >= 0.3 is 5.97 Å². The van der Waals surface area contributed by atoms with Crippen LogP contribution in [0.15, 0.2) is 91.0 Å². The number of hydrogen-bond acceptors (Lipinski definition) is 4. The van der Waals surface area contributed by atoms with E-state index >= 15 is 0 Å². The Kier molecular flexibility index (Phi) is 8.56. The number of ether oxygens (including phenoxy) is 1. The predicted molar refractivity (Wildman–Crippen MR) is 122 cm³/mol. The molecule has 0 heterocycles. The van der Waals surface area contributed by atoms with Gasteiger partial charge in [-0.3, -0.25) is 9.69 Å². The van der Waals surface area contributed by atoms with Crippen LogP contribution in [-0.4, -0.2) is 23.2 Å². The molecule has 160 valence electrons. The quantitative estimate of drug-likeness (QED) is 0.326. The molecule has 0 aliphatic heterocycles. The van der Waals surface area contributed by atoms with Gasteiger partial charge in [0.15, 0.2) is 0 Å². The number of rotatable bonds is 11. The van der Waals surface area contributed by atoms with Gasteiger partial charge in [0.1, 0.15) is 18.9 Å². The minimum Gasteiger partial charge on any atom is -0.460 e. The van der Waals surface area contributed by atoms with E-state index in [4.69, 9.17) is 4.74 Å². The standard InChI is InChI=1S/C27H29NO3/c1-22(20-29)17-26(27(30)31-21-25-15-9-4-10-16-25)28(18-23-11-5-2-6-12-23)19-24-13-7-3-8-14-24/h2-16,20,22,26H,17-19,21H2,1H3/t22-,26+/m1/s1. The van der Waals surface area contributed by atoms with Crippen molar-refractivity contribution in [3.05, 3.63) is 108 Å². The van der Waals surface area contributed by atoms with Crippen molar-refractivity contribution in [2.75, 3.05) is 0 Å². The summed E-state index contributed by atoms with van der Waals surface area (Å²) < 4.78 is 5.70. The molecule has 0 aliphatic rings. The van der Waals surface area contributed by atoms with Crippen LogP contribution >= 0.6 is 0 Å². The molecule has 3 rings (SSSR count). The topological polar surface area (TPSA) is 46.6 Å². The minimum atomic E-state index is -0.524. The first-order valence-electron chi connectivity index (χ1n) is 10.6. The molecular weight excluding hydrogens is 386 g/mol.